The predicted octanol–water partition coefficient (Wildman–Crippen LogP) is 2.18. The Morgan fingerprint density at radius 1 is 1.19 bits per heavy atom. The fourth-order valence-electron chi connectivity index (χ4n) is 2.62. The van der Waals surface area contributed by atoms with E-state index in [0.717, 1.165) is 11.5 Å². The zero-order valence-corrected chi connectivity index (χ0v) is 15.0. The molecule has 0 saturated carbocycles. The summed E-state index contributed by atoms with van der Waals surface area (Å²) in [5.74, 6) is -0.958. The van der Waals surface area contributed by atoms with E-state index >= 15 is 0 Å². The van der Waals surface area contributed by atoms with Gasteiger partial charge in [0.15, 0.2) is 16.4 Å². The zero-order chi connectivity index (χ0) is 19.3. The van der Waals surface area contributed by atoms with Crippen LogP contribution < -0.4 is 4.90 Å². The SMILES string of the molecule is O=C(/C=C/c1ccco1)OCC(=O)N(c1ccccc1)[C@@H]1C=CS(=O)(=O)C1. The van der Waals surface area contributed by atoms with Crippen molar-refractivity contribution in [1.29, 1.82) is 0 Å². The predicted molar refractivity (Wildman–Crippen MR) is 99.3 cm³/mol. The van der Waals surface area contributed by atoms with Crippen molar-refractivity contribution < 1.29 is 27.2 Å². The number of anilines is 1. The van der Waals surface area contributed by atoms with Crippen LogP contribution in [0.2, 0.25) is 0 Å². The van der Waals surface area contributed by atoms with E-state index in [2.05, 4.69) is 0 Å². The molecule has 1 aromatic carbocycles. The minimum atomic E-state index is -3.35. The van der Waals surface area contributed by atoms with Gasteiger partial charge in [0.1, 0.15) is 5.76 Å². The van der Waals surface area contributed by atoms with Crippen LogP contribution in [-0.4, -0.2) is 38.7 Å². The Bertz CT molecular complexity index is 961. The van der Waals surface area contributed by atoms with Crippen LogP contribution in [0.5, 0.6) is 0 Å². The molecule has 0 bridgehead atoms. The lowest BCUT2D eigenvalue weighted by Crippen LogP contribution is -2.43. The highest BCUT2D eigenvalue weighted by atomic mass is 32.2. The Morgan fingerprint density at radius 2 is 1.96 bits per heavy atom. The first-order chi connectivity index (χ1) is 12.9. The summed E-state index contributed by atoms with van der Waals surface area (Å²) >= 11 is 0. The number of benzene rings is 1. The number of nitrogens with zero attached hydrogens (tertiary/aromatic N) is 1. The first kappa shape index (κ1) is 18.7. The molecule has 2 heterocycles. The number of carbonyl (C=O) groups is 2. The number of hydrogen-bond acceptors (Lipinski definition) is 6. The van der Waals surface area contributed by atoms with E-state index in [0.29, 0.717) is 11.4 Å². The number of para-hydroxylation sites is 1. The summed E-state index contributed by atoms with van der Waals surface area (Å²) in [4.78, 5) is 25.8. The fourth-order valence-corrected chi connectivity index (χ4v) is 3.88. The highest BCUT2D eigenvalue weighted by Gasteiger charge is 2.31. The van der Waals surface area contributed by atoms with E-state index in [1.807, 2.05) is 0 Å². The van der Waals surface area contributed by atoms with Crippen molar-refractivity contribution in [2.75, 3.05) is 17.3 Å². The molecule has 0 fully saturated rings. The van der Waals surface area contributed by atoms with Crippen LogP contribution in [0.4, 0.5) is 5.69 Å². The van der Waals surface area contributed by atoms with Gasteiger partial charge in [-0.1, -0.05) is 18.2 Å². The third-order valence-electron chi connectivity index (χ3n) is 3.81. The van der Waals surface area contributed by atoms with Gasteiger partial charge in [0.2, 0.25) is 0 Å². The van der Waals surface area contributed by atoms with Gasteiger partial charge in [-0.15, -0.1) is 0 Å². The van der Waals surface area contributed by atoms with Crippen molar-refractivity contribution >= 4 is 33.5 Å². The van der Waals surface area contributed by atoms with Gasteiger partial charge >= 0.3 is 5.97 Å². The molecule has 2 aromatic rings. The van der Waals surface area contributed by atoms with Gasteiger partial charge in [-0.3, -0.25) is 4.79 Å². The number of sulfone groups is 1. The lowest BCUT2D eigenvalue weighted by molar-refractivity contribution is -0.143. The van der Waals surface area contributed by atoms with Gasteiger partial charge < -0.3 is 14.1 Å². The molecule has 0 spiro atoms. The molecule has 0 saturated heterocycles. The molecule has 27 heavy (non-hydrogen) atoms. The van der Waals surface area contributed by atoms with Crippen molar-refractivity contribution in [3.63, 3.8) is 0 Å². The number of ether oxygens (including phenoxy) is 1. The van der Waals surface area contributed by atoms with Crippen LogP contribution in [0.1, 0.15) is 5.76 Å². The molecule has 1 amide bonds. The number of carbonyl (C=O) groups excluding carboxylic acids is 2. The molecule has 3 rings (SSSR count). The van der Waals surface area contributed by atoms with E-state index in [9.17, 15) is 18.0 Å². The quantitative estimate of drug-likeness (QED) is 0.557. The van der Waals surface area contributed by atoms with Crippen LogP contribution in [0.25, 0.3) is 6.08 Å². The molecule has 1 aliphatic heterocycles. The Kier molecular flexibility index (Phi) is 5.56. The van der Waals surface area contributed by atoms with E-state index in [4.69, 9.17) is 9.15 Å². The first-order valence-electron chi connectivity index (χ1n) is 8.11. The number of rotatable bonds is 6. The third kappa shape index (κ3) is 4.95. The van der Waals surface area contributed by atoms with Gasteiger partial charge in [-0.2, -0.15) is 0 Å². The summed E-state index contributed by atoms with van der Waals surface area (Å²) in [5, 5.41) is 1.10. The summed E-state index contributed by atoms with van der Waals surface area (Å²) in [5.41, 5.74) is 0.524. The van der Waals surface area contributed by atoms with Crippen molar-refractivity contribution in [3.05, 3.63) is 72.0 Å². The smallest absolute Gasteiger partial charge is 0.331 e. The standard InChI is InChI=1S/C19H17NO6S/c21-18(13-26-19(22)9-8-17-7-4-11-25-17)20(15-5-2-1-3-6-15)16-10-12-27(23,24)14-16/h1-12,16H,13-14H2/b9-8+/t16-/m1/s1. The number of hydrogen-bond donors (Lipinski definition) is 0. The minimum absolute atomic E-state index is 0.208. The second-order valence-electron chi connectivity index (χ2n) is 5.78. The summed E-state index contributed by atoms with van der Waals surface area (Å²) in [7, 11) is -3.35. The van der Waals surface area contributed by atoms with Crippen LogP contribution >= 0.6 is 0 Å². The summed E-state index contributed by atoms with van der Waals surface area (Å²) < 4.78 is 33.5. The topological polar surface area (TPSA) is 93.9 Å². The molecule has 1 aromatic heterocycles. The number of esters is 1. The van der Waals surface area contributed by atoms with Crippen LogP contribution in [-0.2, 0) is 24.2 Å². The molecule has 140 valence electrons. The number of amides is 1. The van der Waals surface area contributed by atoms with E-state index in [1.54, 1.807) is 42.5 Å². The molecule has 8 heteroatoms. The lowest BCUT2D eigenvalue weighted by Gasteiger charge is -2.27. The van der Waals surface area contributed by atoms with E-state index in [-0.39, 0.29) is 5.75 Å². The molecule has 1 atom stereocenters. The highest BCUT2D eigenvalue weighted by Crippen LogP contribution is 2.22. The zero-order valence-electron chi connectivity index (χ0n) is 14.2. The summed E-state index contributed by atoms with van der Waals surface area (Å²) in [6.07, 6.45) is 5.50. The van der Waals surface area contributed by atoms with Gasteiger partial charge in [-0.05, 0) is 36.4 Å². The van der Waals surface area contributed by atoms with Crippen molar-refractivity contribution in [3.8, 4) is 0 Å². The first-order valence-corrected chi connectivity index (χ1v) is 9.82. The largest absolute Gasteiger partial charge is 0.465 e. The Labute approximate surface area is 156 Å². The van der Waals surface area contributed by atoms with E-state index in [1.165, 1.54) is 23.3 Å². The van der Waals surface area contributed by atoms with Crippen molar-refractivity contribution in [1.82, 2.24) is 0 Å². The van der Waals surface area contributed by atoms with Crippen molar-refractivity contribution in [2.45, 2.75) is 6.04 Å². The third-order valence-corrected chi connectivity index (χ3v) is 5.19. The Hall–Kier alpha value is -3.13. The monoisotopic (exact) mass is 387 g/mol. The van der Waals surface area contributed by atoms with Crippen molar-refractivity contribution in [2.24, 2.45) is 0 Å². The molecule has 7 nitrogen and oxygen atoms in total. The maximum Gasteiger partial charge on any atom is 0.331 e. The van der Waals surface area contributed by atoms with Crippen LogP contribution in [0.15, 0.2) is 70.7 Å². The van der Waals surface area contributed by atoms with Crippen LogP contribution in [0, 0.1) is 0 Å². The molecular weight excluding hydrogens is 370 g/mol. The van der Waals surface area contributed by atoms with E-state index < -0.39 is 34.4 Å². The molecular formula is C19H17NO6S. The Morgan fingerprint density at radius 3 is 2.59 bits per heavy atom. The number of furan rings is 1. The highest BCUT2D eigenvalue weighted by molar-refractivity contribution is 7.94. The molecule has 0 radical (unpaired) electrons. The Balaban J connectivity index is 1.68. The fraction of sp³-hybridized carbons (Fsp3) is 0.158. The van der Waals surface area contributed by atoms with Gasteiger partial charge in [0, 0.05) is 17.2 Å². The van der Waals surface area contributed by atoms with Gasteiger partial charge in [0.05, 0.1) is 18.1 Å². The molecule has 0 N–H and O–H groups in total. The molecule has 0 unspecified atom stereocenters. The molecule has 1 aliphatic rings. The maximum absolute atomic E-state index is 12.7. The van der Waals surface area contributed by atoms with Gasteiger partial charge in [-0.25, -0.2) is 13.2 Å². The normalized spacial score (nSPS) is 17.9. The average molecular weight is 387 g/mol. The maximum atomic E-state index is 12.7. The second kappa shape index (κ2) is 8.05. The average Bonchev–Trinajstić information content (AvgIpc) is 3.29. The lowest BCUT2D eigenvalue weighted by atomic mass is 10.2. The second-order valence-corrected chi connectivity index (χ2v) is 7.71. The summed E-state index contributed by atoms with van der Waals surface area (Å²) in [6.45, 7) is -0.513. The summed E-state index contributed by atoms with van der Waals surface area (Å²) in [6, 6.07) is 11.3. The minimum Gasteiger partial charge on any atom is -0.465 e. The van der Waals surface area contributed by atoms with Gasteiger partial charge in [0.25, 0.3) is 5.91 Å². The molecule has 0 aliphatic carbocycles. The van der Waals surface area contributed by atoms with Crippen LogP contribution in [0.3, 0.4) is 0 Å².